The highest BCUT2D eigenvalue weighted by molar-refractivity contribution is 7.28. The fourth-order valence-corrected chi connectivity index (χ4v) is 8.90. The average molecular weight is 573 g/mol. The summed E-state index contributed by atoms with van der Waals surface area (Å²) in [7, 11) is 3.00. The molecule has 0 aliphatic carbocycles. The van der Waals surface area contributed by atoms with Crippen molar-refractivity contribution in [2.45, 2.75) is 0 Å². The molecule has 0 spiro atoms. The number of carbonyl (C=O) groups excluding carboxylic acids is 4. The maximum absolute atomic E-state index is 12.4. The molecule has 0 atom stereocenters. The zero-order chi connectivity index (χ0) is 26.3. The zero-order valence-corrected chi connectivity index (χ0v) is 23.2. The lowest BCUT2D eigenvalue weighted by Gasteiger charge is -2.05. The molecule has 4 amide bonds. The summed E-state index contributed by atoms with van der Waals surface area (Å²) in [4.78, 5) is 56.7. The van der Waals surface area contributed by atoms with Crippen molar-refractivity contribution < 1.29 is 19.2 Å². The van der Waals surface area contributed by atoms with Crippen LogP contribution in [-0.2, 0) is 19.2 Å². The van der Waals surface area contributed by atoms with Crippen molar-refractivity contribution in [3.05, 3.63) is 70.4 Å². The van der Waals surface area contributed by atoms with Gasteiger partial charge in [0.15, 0.2) is 0 Å². The van der Waals surface area contributed by atoms with Gasteiger partial charge in [-0.2, -0.15) is 0 Å². The molecule has 0 saturated heterocycles. The van der Waals surface area contributed by atoms with E-state index in [1.54, 1.807) is 22.7 Å². The molecular weight excluding hydrogens is 557 g/mol. The molecule has 0 bridgehead atoms. The summed E-state index contributed by atoms with van der Waals surface area (Å²) in [5.74, 6) is -1.10. The van der Waals surface area contributed by atoms with E-state index in [0.29, 0.717) is 11.1 Å². The van der Waals surface area contributed by atoms with E-state index in [1.165, 1.54) is 58.3 Å². The quantitative estimate of drug-likeness (QED) is 0.236. The van der Waals surface area contributed by atoms with E-state index in [4.69, 9.17) is 0 Å². The van der Waals surface area contributed by atoms with Crippen LogP contribution >= 0.6 is 45.3 Å². The van der Waals surface area contributed by atoms with Crippen LogP contribution in [0.2, 0.25) is 0 Å². The highest BCUT2D eigenvalue weighted by Crippen LogP contribution is 2.44. The fraction of sp³-hybridized carbons (Fsp3) is 0.0714. The van der Waals surface area contributed by atoms with Crippen LogP contribution < -0.4 is 0 Å². The van der Waals surface area contributed by atoms with E-state index >= 15 is 0 Å². The molecular formula is C28H16N2O4S4. The van der Waals surface area contributed by atoms with Gasteiger partial charge in [-0.3, -0.25) is 29.0 Å². The molecule has 4 aromatic heterocycles. The van der Waals surface area contributed by atoms with E-state index in [9.17, 15) is 19.2 Å². The van der Waals surface area contributed by atoms with Crippen LogP contribution in [0.15, 0.2) is 60.7 Å². The lowest BCUT2D eigenvalue weighted by molar-refractivity contribution is -0.136. The molecule has 0 N–H and O–H groups in total. The first-order chi connectivity index (χ1) is 18.3. The van der Waals surface area contributed by atoms with Gasteiger partial charge in [-0.15, -0.1) is 45.3 Å². The van der Waals surface area contributed by atoms with Gasteiger partial charge in [0.05, 0.1) is 11.1 Å². The van der Waals surface area contributed by atoms with Gasteiger partial charge in [0, 0.05) is 64.9 Å². The summed E-state index contributed by atoms with van der Waals surface area (Å²) < 4.78 is 2.35. The summed E-state index contributed by atoms with van der Waals surface area (Å²) >= 11 is 6.45. The van der Waals surface area contributed by atoms with Gasteiger partial charge in [0.2, 0.25) is 0 Å². The van der Waals surface area contributed by atoms with Crippen LogP contribution in [0.1, 0.15) is 9.75 Å². The minimum atomic E-state index is -0.285. The molecule has 10 heteroatoms. The Bertz CT molecular complexity index is 1760. The van der Waals surface area contributed by atoms with Crippen molar-refractivity contribution in [1.82, 2.24) is 9.80 Å². The maximum atomic E-state index is 12.4. The first-order valence-corrected chi connectivity index (χ1v) is 14.8. The molecule has 0 unspecified atom stereocenters. The summed E-state index contributed by atoms with van der Waals surface area (Å²) in [5.41, 5.74) is 0.902. The lowest BCUT2D eigenvalue weighted by atomic mass is 10.2. The van der Waals surface area contributed by atoms with E-state index in [-0.39, 0.29) is 23.6 Å². The topological polar surface area (TPSA) is 74.8 Å². The molecule has 186 valence electrons. The van der Waals surface area contributed by atoms with Crippen molar-refractivity contribution in [3.63, 3.8) is 0 Å². The largest absolute Gasteiger partial charge is 0.278 e. The molecule has 5 aromatic rings. The van der Waals surface area contributed by atoms with Crippen LogP contribution in [-0.4, -0.2) is 47.5 Å². The highest BCUT2D eigenvalue weighted by Gasteiger charge is 2.30. The summed E-state index contributed by atoms with van der Waals surface area (Å²) in [5, 5.41) is 2.31. The smallest absolute Gasteiger partial charge is 0.262 e. The molecule has 1 aromatic carbocycles. The molecule has 2 aliphatic heterocycles. The number of benzene rings is 1. The van der Waals surface area contributed by atoms with Crippen molar-refractivity contribution in [2.24, 2.45) is 0 Å². The fourth-order valence-electron chi connectivity index (χ4n) is 4.52. The van der Waals surface area contributed by atoms with E-state index in [1.807, 2.05) is 24.3 Å². The van der Waals surface area contributed by atoms with Crippen molar-refractivity contribution in [3.8, 4) is 19.5 Å². The number of hydrogen-bond donors (Lipinski definition) is 0. The molecule has 7 rings (SSSR count). The van der Waals surface area contributed by atoms with Gasteiger partial charge < -0.3 is 0 Å². The van der Waals surface area contributed by atoms with Crippen LogP contribution in [0.3, 0.4) is 0 Å². The van der Waals surface area contributed by atoms with Crippen molar-refractivity contribution in [1.29, 1.82) is 0 Å². The molecule has 0 saturated carbocycles. The SMILES string of the molecule is CN1C(=O)C=C(c2ccc(-c3cc4cc5sc(-c6ccc(C7=CC(=O)N(C)C7=O)s6)cc5cc4s3)s2)C1=O. The first-order valence-electron chi connectivity index (χ1n) is 11.5. The molecule has 0 radical (unpaired) electrons. The number of nitrogens with zero attached hydrogens (tertiary/aromatic N) is 2. The molecule has 6 heterocycles. The van der Waals surface area contributed by atoms with Gasteiger partial charge in [-0.25, -0.2) is 0 Å². The third kappa shape index (κ3) is 3.56. The van der Waals surface area contributed by atoms with E-state index in [2.05, 4.69) is 24.3 Å². The monoisotopic (exact) mass is 572 g/mol. The summed E-state index contributed by atoms with van der Waals surface area (Å²) in [6.45, 7) is 0. The first kappa shape index (κ1) is 23.4. The predicted octanol–water partition coefficient (Wildman–Crippen LogP) is 6.34. The van der Waals surface area contributed by atoms with Crippen LogP contribution in [0, 0.1) is 0 Å². The highest BCUT2D eigenvalue weighted by atomic mass is 32.1. The van der Waals surface area contributed by atoms with Crippen molar-refractivity contribution in [2.75, 3.05) is 14.1 Å². The molecule has 6 nitrogen and oxygen atoms in total. The van der Waals surface area contributed by atoms with Gasteiger partial charge in [0.25, 0.3) is 23.6 Å². The Morgan fingerprint density at radius 2 is 0.895 bits per heavy atom. The maximum Gasteiger partial charge on any atom is 0.262 e. The normalized spacial score (nSPS) is 16.1. The second-order valence-electron chi connectivity index (χ2n) is 9.00. The van der Waals surface area contributed by atoms with Crippen LogP contribution in [0.4, 0.5) is 0 Å². The summed E-state index contributed by atoms with van der Waals surface area (Å²) in [6.07, 6.45) is 2.82. The van der Waals surface area contributed by atoms with Gasteiger partial charge in [-0.1, -0.05) is 0 Å². The number of imide groups is 2. The van der Waals surface area contributed by atoms with Crippen LogP contribution in [0.25, 0.3) is 50.8 Å². The third-order valence-electron chi connectivity index (χ3n) is 6.65. The Morgan fingerprint density at radius 3 is 1.26 bits per heavy atom. The minimum Gasteiger partial charge on any atom is -0.278 e. The molecule has 38 heavy (non-hydrogen) atoms. The third-order valence-corrected chi connectivity index (χ3v) is 11.5. The Morgan fingerprint density at radius 1 is 0.500 bits per heavy atom. The van der Waals surface area contributed by atoms with E-state index < -0.39 is 0 Å². The van der Waals surface area contributed by atoms with Crippen LogP contribution in [0.5, 0.6) is 0 Å². The van der Waals surface area contributed by atoms with Gasteiger partial charge in [0.1, 0.15) is 0 Å². The number of amides is 4. The molecule has 0 fully saturated rings. The number of carbonyl (C=O) groups is 4. The standard InChI is InChI=1S/C28H16N2O4S4/c1-29-25(31)11-15(27(29)33)17-3-5-19(35-17)23-9-13-7-22-14(8-21(13)37-23)10-24(38-22)20-6-4-18(36-20)16-12-26(32)30(2)28(16)34/h3-12H,1-2H3. The van der Waals surface area contributed by atoms with Gasteiger partial charge in [-0.05, 0) is 59.3 Å². The van der Waals surface area contributed by atoms with Crippen molar-refractivity contribution >= 4 is 100 Å². The number of rotatable bonds is 4. The Balaban J connectivity index is 1.19. The average Bonchev–Trinajstić information content (AvgIpc) is 3.73. The predicted molar refractivity (Wildman–Crippen MR) is 155 cm³/mol. The second kappa shape index (κ2) is 8.40. The number of thiophene rings is 4. The lowest BCUT2D eigenvalue weighted by Crippen LogP contribution is -2.25. The number of likely N-dealkylation sites (N-methyl/N-ethyl adjacent to an activating group) is 2. The van der Waals surface area contributed by atoms with Gasteiger partial charge >= 0.3 is 0 Å². The Hall–Kier alpha value is -3.70. The number of fused-ring (bicyclic) bond motifs is 2. The Kier molecular flexibility index (Phi) is 5.18. The molecule has 2 aliphatic rings. The minimum absolute atomic E-state index is 0.263. The van der Waals surface area contributed by atoms with E-state index in [0.717, 1.165) is 49.8 Å². The second-order valence-corrected chi connectivity index (χ2v) is 13.3. The number of hydrogen-bond acceptors (Lipinski definition) is 8. The zero-order valence-electron chi connectivity index (χ0n) is 19.9. The summed E-state index contributed by atoms with van der Waals surface area (Å²) in [6, 6.07) is 16.6. The Labute approximate surface area is 232 Å².